The lowest BCUT2D eigenvalue weighted by atomic mass is 10.2. The molecule has 1 unspecified atom stereocenters. The maximum absolute atomic E-state index is 12.0. The minimum Gasteiger partial charge on any atom is -0.352 e. The van der Waals surface area contributed by atoms with Gasteiger partial charge in [0.2, 0.25) is 11.8 Å². The Bertz CT molecular complexity index is 457. The van der Waals surface area contributed by atoms with Crippen LogP contribution in [0.15, 0.2) is 17.5 Å². The molecule has 0 spiro atoms. The molecular weight excluding hydrogens is 274 g/mol. The summed E-state index contributed by atoms with van der Waals surface area (Å²) in [5.74, 6) is -0.0620. The zero-order valence-electron chi connectivity index (χ0n) is 11.9. The summed E-state index contributed by atoms with van der Waals surface area (Å²) in [4.78, 5) is 26.6. The van der Waals surface area contributed by atoms with Crippen molar-refractivity contribution in [3.05, 3.63) is 22.4 Å². The van der Waals surface area contributed by atoms with E-state index in [1.807, 2.05) is 24.4 Å². The summed E-state index contributed by atoms with van der Waals surface area (Å²) in [6.07, 6.45) is 2.15. The van der Waals surface area contributed by atoms with Crippen LogP contribution in [-0.4, -0.2) is 42.4 Å². The lowest BCUT2D eigenvalue weighted by Crippen LogP contribution is -2.47. The van der Waals surface area contributed by atoms with Gasteiger partial charge in [-0.25, -0.2) is 0 Å². The maximum Gasteiger partial charge on any atom is 0.237 e. The average molecular weight is 295 g/mol. The largest absolute Gasteiger partial charge is 0.352 e. The number of carbonyl (C=O) groups is 2. The number of thiophene rings is 1. The van der Waals surface area contributed by atoms with Crippen LogP contribution in [0.1, 0.15) is 24.6 Å². The highest BCUT2D eigenvalue weighted by Crippen LogP contribution is 2.18. The summed E-state index contributed by atoms with van der Waals surface area (Å²) in [5.41, 5.74) is 0. The van der Waals surface area contributed by atoms with E-state index in [0.29, 0.717) is 12.6 Å². The summed E-state index contributed by atoms with van der Waals surface area (Å²) in [6, 6.07) is 3.99. The molecule has 0 saturated heterocycles. The number of rotatable bonds is 7. The third-order valence-electron chi connectivity index (χ3n) is 3.39. The standard InChI is InChI=1S/C14H21N3O2S/c1-10(14(19)15-8-12-4-3-7-20-12)17(2)9-13(18)16-11-5-6-11/h3-4,7,10-11H,5-6,8-9H2,1-2H3,(H,15,19)(H,16,18). The molecule has 0 aromatic carbocycles. The van der Waals surface area contributed by atoms with Gasteiger partial charge >= 0.3 is 0 Å². The highest BCUT2D eigenvalue weighted by molar-refractivity contribution is 7.09. The molecular formula is C14H21N3O2S. The van der Waals surface area contributed by atoms with Crippen LogP contribution in [0, 0.1) is 0 Å². The van der Waals surface area contributed by atoms with Crippen molar-refractivity contribution in [3.63, 3.8) is 0 Å². The van der Waals surface area contributed by atoms with Crippen molar-refractivity contribution >= 4 is 23.2 Å². The summed E-state index contributed by atoms with van der Waals surface area (Å²) >= 11 is 1.62. The Kier molecular flexibility index (Phi) is 5.14. The van der Waals surface area contributed by atoms with E-state index in [0.717, 1.165) is 17.7 Å². The van der Waals surface area contributed by atoms with Crippen molar-refractivity contribution in [1.82, 2.24) is 15.5 Å². The second-order valence-electron chi connectivity index (χ2n) is 5.23. The quantitative estimate of drug-likeness (QED) is 0.788. The Morgan fingerprint density at radius 1 is 1.50 bits per heavy atom. The van der Waals surface area contributed by atoms with Crippen molar-refractivity contribution in [3.8, 4) is 0 Å². The number of likely N-dealkylation sites (N-methyl/N-ethyl adjacent to an activating group) is 1. The van der Waals surface area contributed by atoms with Crippen LogP contribution in [0.5, 0.6) is 0 Å². The molecule has 1 aliphatic rings. The fourth-order valence-electron chi connectivity index (χ4n) is 1.80. The number of hydrogen-bond acceptors (Lipinski definition) is 4. The second-order valence-corrected chi connectivity index (χ2v) is 6.26. The van der Waals surface area contributed by atoms with Crippen LogP contribution in [0.25, 0.3) is 0 Å². The number of amides is 2. The van der Waals surface area contributed by atoms with Gasteiger partial charge in [0.25, 0.3) is 0 Å². The topological polar surface area (TPSA) is 61.4 Å². The van der Waals surface area contributed by atoms with Gasteiger partial charge in [0, 0.05) is 10.9 Å². The predicted molar refractivity (Wildman–Crippen MR) is 79.4 cm³/mol. The van der Waals surface area contributed by atoms with Gasteiger partial charge in [-0.05, 0) is 38.3 Å². The van der Waals surface area contributed by atoms with Crippen LogP contribution in [-0.2, 0) is 16.1 Å². The summed E-state index contributed by atoms with van der Waals surface area (Å²) in [7, 11) is 1.79. The Labute approximate surface area is 123 Å². The van der Waals surface area contributed by atoms with Crippen LogP contribution < -0.4 is 10.6 Å². The zero-order valence-corrected chi connectivity index (χ0v) is 12.7. The molecule has 1 atom stereocenters. The predicted octanol–water partition coefficient (Wildman–Crippen LogP) is 0.963. The van der Waals surface area contributed by atoms with Crippen LogP contribution in [0.3, 0.4) is 0 Å². The van der Waals surface area contributed by atoms with E-state index < -0.39 is 0 Å². The molecule has 1 heterocycles. The van der Waals surface area contributed by atoms with Gasteiger partial charge in [0.1, 0.15) is 0 Å². The molecule has 110 valence electrons. The first kappa shape index (κ1) is 15.0. The second kappa shape index (κ2) is 6.85. The number of hydrogen-bond donors (Lipinski definition) is 2. The van der Waals surface area contributed by atoms with E-state index in [1.54, 1.807) is 23.3 Å². The molecule has 0 aliphatic heterocycles. The Morgan fingerprint density at radius 3 is 2.85 bits per heavy atom. The molecule has 1 aromatic rings. The van der Waals surface area contributed by atoms with Gasteiger partial charge in [0.15, 0.2) is 0 Å². The lowest BCUT2D eigenvalue weighted by Gasteiger charge is -2.23. The first-order chi connectivity index (χ1) is 9.56. The number of nitrogens with one attached hydrogen (secondary N) is 2. The van der Waals surface area contributed by atoms with Crippen molar-refractivity contribution in [2.75, 3.05) is 13.6 Å². The van der Waals surface area contributed by atoms with Gasteiger partial charge in [-0.3, -0.25) is 14.5 Å². The minimum absolute atomic E-state index is 0.00657. The van der Waals surface area contributed by atoms with E-state index in [9.17, 15) is 9.59 Å². The van der Waals surface area contributed by atoms with E-state index >= 15 is 0 Å². The van der Waals surface area contributed by atoms with Crippen LogP contribution >= 0.6 is 11.3 Å². The fourth-order valence-corrected chi connectivity index (χ4v) is 2.44. The SMILES string of the molecule is CC(C(=O)NCc1cccs1)N(C)CC(=O)NC1CC1. The van der Waals surface area contributed by atoms with Gasteiger partial charge in [-0.1, -0.05) is 6.07 Å². The van der Waals surface area contributed by atoms with E-state index in [-0.39, 0.29) is 24.4 Å². The third-order valence-corrected chi connectivity index (χ3v) is 4.27. The Morgan fingerprint density at radius 2 is 2.25 bits per heavy atom. The third kappa shape index (κ3) is 4.61. The monoisotopic (exact) mass is 295 g/mol. The fraction of sp³-hybridized carbons (Fsp3) is 0.571. The normalized spacial score (nSPS) is 15.9. The first-order valence-electron chi connectivity index (χ1n) is 6.86. The van der Waals surface area contributed by atoms with Crippen molar-refractivity contribution in [1.29, 1.82) is 0 Å². The number of carbonyl (C=O) groups excluding carboxylic acids is 2. The molecule has 6 heteroatoms. The molecule has 0 bridgehead atoms. The van der Waals surface area contributed by atoms with Gasteiger partial charge in [0.05, 0.1) is 19.1 Å². The maximum atomic E-state index is 12.0. The lowest BCUT2D eigenvalue weighted by molar-refractivity contribution is -0.127. The molecule has 1 saturated carbocycles. The molecule has 2 rings (SSSR count). The van der Waals surface area contributed by atoms with Crippen LogP contribution in [0.4, 0.5) is 0 Å². The van der Waals surface area contributed by atoms with Gasteiger partial charge < -0.3 is 10.6 Å². The Balaban J connectivity index is 1.71. The average Bonchev–Trinajstić information content (AvgIpc) is 3.07. The highest BCUT2D eigenvalue weighted by Gasteiger charge is 2.25. The molecule has 20 heavy (non-hydrogen) atoms. The zero-order chi connectivity index (χ0) is 14.5. The Hall–Kier alpha value is -1.40. The first-order valence-corrected chi connectivity index (χ1v) is 7.74. The molecule has 1 aliphatic carbocycles. The summed E-state index contributed by atoms with van der Waals surface area (Å²) in [6.45, 7) is 2.61. The van der Waals surface area contributed by atoms with Gasteiger partial charge in [-0.2, -0.15) is 0 Å². The van der Waals surface area contributed by atoms with Gasteiger partial charge in [-0.15, -0.1) is 11.3 Å². The molecule has 2 N–H and O–H groups in total. The van der Waals surface area contributed by atoms with Crippen molar-refractivity contribution in [2.45, 2.75) is 38.4 Å². The summed E-state index contributed by atoms with van der Waals surface area (Å²) < 4.78 is 0. The molecule has 0 radical (unpaired) electrons. The molecule has 1 aromatic heterocycles. The molecule has 1 fully saturated rings. The minimum atomic E-state index is -0.320. The smallest absolute Gasteiger partial charge is 0.237 e. The van der Waals surface area contributed by atoms with E-state index in [4.69, 9.17) is 0 Å². The van der Waals surface area contributed by atoms with Crippen molar-refractivity contribution < 1.29 is 9.59 Å². The summed E-state index contributed by atoms with van der Waals surface area (Å²) in [5, 5.41) is 7.80. The van der Waals surface area contributed by atoms with E-state index in [1.165, 1.54) is 0 Å². The molecule has 5 nitrogen and oxygen atoms in total. The highest BCUT2D eigenvalue weighted by atomic mass is 32.1. The molecule has 2 amide bonds. The van der Waals surface area contributed by atoms with Crippen LogP contribution in [0.2, 0.25) is 0 Å². The van der Waals surface area contributed by atoms with Crippen molar-refractivity contribution in [2.24, 2.45) is 0 Å². The number of nitrogens with zero attached hydrogens (tertiary/aromatic N) is 1. The van der Waals surface area contributed by atoms with E-state index in [2.05, 4.69) is 10.6 Å².